The Bertz CT molecular complexity index is 974. The van der Waals surface area contributed by atoms with Crippen LogP contribution in [0.5, 0.6) is 0 Å². The number of benzene rings is 1. The Kier molecular flexibility index (Phi) is 4.65. The molecule has 0 bridgehead atoms. The molecule has 7 nitrogen and oxygen atoms in total. The molecule has 1 aromatic carbocycles. The summed E-state index contributed by atoms with van der Waals surface area (Å²) < 4.78 is 6.67. The van der Waals surface area contributed by atoms with Gasteiger partial charge in [-0.2, -0.15) is 4.98 Å². The number of aryl methyl sites for hydroxylation is 1. The molecule has 1 amide bonds. The lowest BCUT2D eigenvalue weighted by atomic mass is 10.1. The van der Waals surface area contributed by atoms with Gasteiger partial charge < -0.3 is 9.84 Å². The number of rotatable bonds is 5. The van der Waals surface area contributed by atoms with Crippen molar-refractivity contribution < 1.29 is 9.32 Å². The lowest BCUT2D eigenvalue weighted by molar-refractivity contribution is -0.122. The van der Waals surface area contributed by atoms with Crippen LogP contribution in [0.1, 0.15) is 26.1 Å². The second kappa shape index (κ2) is 6.88. The highest BCUT2D eigenvalue weighted by molar-refractivity contribution is 5.93. The summed E-state index contributed by atoms with van der Waals surface area (Å²) in [4.78, 5) is 29.1. The molecule has 7 heteroatoms. The molecule has 2 aromatic heterocycles. The van der Waals surface area contributed by atoms with Gasteiger partial charge >= 0.3 is 0 Å². The molecule has 0 saturated carbocycles. The number of nitrogens with zero attached hydrogens (tertiary/aromatic N) is 3. The third kappa shape index (κ3) is 3.45. The Labute approximate surface area is 144 Å². The average molecular weight is 340 g/mol. The number of para-hydroxylation sites is 1. The van der Waals surface area contributed by atoms with E-state index in [9.17, 15) is 9.59 Å². The standard InChI is InChI=1S/C18H20N4O3/c1-4-11(2)19-16(23)10-22-15-8-6-5-7-13(15)14(9-17(22)24)18-20-12(3)21-25-18/h5-9,11H,4,10H2,1-3H3,(H,19,23). The smallest absolute Gasteiger partial charge is 0.258 e. The monoisotopic (exact) mass is 340 g/mol. The Balaban J connectivity index is 2.08. The van der Waals surface area contributed by atoms with Crippen LogP contribution >= 0.6 is 0 Å². The second-order valence-corrected chi connectivity index (χ2v) is 6.02. The van der Waals surface area contributed by atoms with E-state index in [1.165, 1.54) is 10.6 Å². The van der Waals surface area contributed by atoms with Crippen LogP contribution in [0, 0.1) is 6.92 Å². The van der Waals surface area contributed by atoms with E-state index in [1.807, 2.05) is 32.0 Å². The largest absolute Gasteiger partial charge is 0.352 e. The van der Waals surface area contributed by atoms with E-state index in [1.54, 1.807) is 13.0 Å². The molecule has 0 aliphatic rings. The molecule has 0 saturated heterocycles. The molecule has 1 atom stereocenters. The first-order chi connectivity index (χ1) is 12.0. The maximum atomic E-state index is 12.6. The average Bonchev–Trinajstić information content (AvgIpc) is 3.03. The Hall–Kier alpha value is -2.96. The molecule has 1 unspecified atom stereocenters. The number of pyridine rings is 1. The fourth-order valence-corrected chi connectivity index (χ4v) is 2.65. The van der Waals surface area contributed by atoms with Crippen molar-refractivity contribution in [2.24, 2.45) is 0 Å². The maximum Gasteiger partial charge on any atom is 0.258 e. The third-order valence-electron chi connectivity index (χ3n) is 4.10. The van der Waals surface area contributed by atoms with E-state index in [0.717, 1.165) is 11.8 Å². The van der Waals surface area contributed by atoms with Crippen molar-refractivity contribution in [1.82, 2.24) is 20.0 Å². The number of hydrogen-bond acceptors (Lipinski definition) is 5. The predicted molar refractivity (Wildman–Crippen MR) is 94.1 cm³/mol. The molecule has 0 radical (unpaired) electrons. The number of aromatic nitrogens is 3. The molecule has 0 aliphatic heterocycles. The molecule has 130 valence electrons. The normalized spacial score (nSPS) is 12.3. The fraction of sp³-hybridized carbons (Fsp3) is 0.333. The van der Waals surface area contributed by atoms with Crippen molar-refractivity contribution >= 4 is 16.8 Å². The van der Waals surface area contributed by atoms with Gasteiger partial charge in [-0.1, -0.05) is 30.3 Å². The number of carbonyl (C=O) groups is 1. The SMILES string of the molecule is CCC(C)NC(=O)Cn1c(=O)cc(-c2nc(C)no2)c2ccccc21. The summed E-state index contributed by atoms with van der Waals surface area (Å²) in [6.45, 7) is 5.61. The quantitative estimate of drug-likeness (QED) is 0.769. The zero-order chi connectivity index (χ0) is 18.0. The number of carbonyl (C=O) groups excluding carboxylic acids is 1. The van der Waals surface area contributed by atoms with Gasteiger partial charge in [0.15, 0.2) is 5.82 Å². The van der Waals surface area contributed by atoms with Gasteiger partial charge in [0.2, 0.25) is 5.91 Å². The molecule has 3 rings (SSSR count). The van der Waals surface area contributed by atoms with Crippen molar-refractivity contribution in [1.29, 1.82) is 0 Å². The summed E-state index contributed by atoms with van der Waals surface area (Å²) in [6, 6.07) is 8.87. The summed E-state index contributed by atoms with van der Waals surface area (Å²) in [5.74, 6) is 0.598. The molecule has 2 heterocycles. The van der Waals surface area contributed by atoms with Gasteiger partial charge in [0, 0.05) is 17.5 Å². The predicted octanol–water partition coefficient (Wildman–Crippen LogP) is 2.27. The first kappa shape index (κ1) is 16.9. The number of fused-ring (bicyclic) bond motifs is 1. The highest BCUT2D eigenvalue weighted by atomic mass is 16.5. The molecule has 3 aromatic rings. The lowest BCUT2D eigenvalue weighted by Gasteiger charge is -2.14. The highest BCUT2D eigenvalue weighted by Gasteiger charge is 2.16. The molecule has 0 aliphatic carbocycles. The number of hydrogen-bond donors (Lipinski definition) is 1. The fourth-order valence-electron chi connectivity index (χ4n) is 2.65. The van der Waals surface area contributed by atoms with Gasteiger partial charge in [-0.25, -0.2) is 0 Å². The minimum atomic E-state index is -0.288. The van der Waals surface area contributed by atoms with Crippen LogP contribution in [-0.4, -0.2) is 26.7 Å². The first-order valence-corrected chi connectivity index (χ1v) is 8.22. The van der Waals surface area contributed by atoms with E-state index < -0.39 is 0 Å². The summed E-state index contributed by atoms with van der Waals surface area (Å²) in [7, 11) is 0. The highest BCUT2D eigenvalue weighted by Crippen LogP contribution is 2.25. The Morgan fingerprint density at radius 3 is 2.80 bits per heavy atom. The van der Waals surface area contributed by atoms with E-state index in [0.29, 0.717) is 22.8 Å². The summed E-state index contributed by atoms with van der Waals surface area (Å²) >= 11 is 0. The van der Waals surface area contributed by atoms with Gasteiger partial charge in [0.25, 0.3) is 11.4 Å². The van der Waals surface area contributed by atoms with E-state index in [4.69, 9.17) is 4.52 Å². The van der Waals surface area contributed by atoms with Crippen LogP contribution in [0.3, 0.4) is 0 Å². The van der Waals surface area contributed by atoms with Gasteiger partial charge in [0.05, 0.1) is 11.1 Å². The number of nitrogens with one attached hydrogen (secondary N) is 1. The van der Waals surface area contributed by atoms with E-state index in [2.05, 4.69) is 15.5 Å². The zero-order valence-corrected chi connectivity index (χ0v) is 14.4. The minimum absolute atomic E-state index is 0.0349. The van der Waals surface area contributed by atoms with Crippen LogP contribution in [-0.2, 0) is 11.3 Å². The molecule has 0 fully saturated rings. The van der Waals surface area contributed by atoms with Crippen LogP contribution in [0.4, 0.5) is 0 Å². The summed E-state index contributed by atoms with van der Waals surface area (Å²) in [5, 5.41) is 7.44. The van der Waals surface area contributed by atoms with Gasteiger partial charge in [-0.3, -0.25) is 14.2 Å². The Morgan fingerprint density at radius 2 is 2.12 bits per heavy atom. The van der Waals surface area contributed by atoms with Crippen molar-refractivity contribution in [3.63, 3.8) is 0 Å². The number of amides is 1. The van der Waals surface area contributed by atoms with E-state index in [-0.39, 0.29) is 24.1 Å². The summed E-state index contributed by atoms with van der Waals surface area (Å²) in [5.41, 5.74) is 0.934. The van der Waals surface area contributed by atoms with Crippen LogP contribution in [0.15, 0.2) is 39.6 Å². The molecular formula is C18H20N4O3. The lowest BCUT2D eigenvalue weighted by Crippen LogP contribution is -2.37. The molecule has 1 N–H and O–H groups in total. The topological polar surface area (TPSA) is 90.0 Å². The van der Waals surface area contributed by atoms with Crippen LogP contribution in [0.25, 0.3) is 22.4 Å². The minimum Gasteiger partial charge on any atom is -0.352 e. The van der Waals surface area contributed by atoms with Crippen LogP contribution in [0.2, 0.25) is 0 Å². The van der Waals surface area contributed by atoms with Crippen LogP contribution < -0.4 is 10.9 Å². The first-order valence-electron chi connectivity index (χ1n) is 8.22. The molecule has 0 spiro atoms. The van der Waals surface area contributed by atoms with Gasteiger partial charge in [-0.15, -0.1) is 0 Å². The van der Waals surface area contributed by atoms with Crippen molar-refractivity contribution in [3.05, 3.63) is 46.5 Å². The van der Waals surface area contributed by atoms with Gasteiger partial charge in [-0.05, 0) is 26.3 Å². The van der Waals surface area contributed by atoms with Crippen molar-refractivity contribution in [2.45, 2.75) is 39.8 Å². The Morgan fingerprint density at radius 1 is 1.36 bits per heavy atom. The molecule has 25 heavy (non-hydrogen) atoms. The van der Waals surface area contributed by atoms with Crippen molar-refractivity contribution in [3.8, 4) is 11.5 Å². The maximum absolute atomic E-state index is 12.6. The second-order valence-electron chi connectivity index (χ2n) is 6.02. The van der Waals surface area contributed by atoms with Gasteiger partial charge in [0.1, 0.15) is 6.54 Å². The van der Waals surface area contributed by atoms with E-state index >= 15 is 0 Å². The zero-order valence-electron chi connectivity index (χ0n) is 14.4. The molecular weight excluding hydrogens is 320 g/mol. The van der Waals surface area contributed by atoms with Crippen molar-refractivity contribution in [2.75, 3.05) is 0 Å². The summed E-state index contributed by atoms with van der Waals surface area (Å²) in [6.07, 6.45) is 0.830. The third-order valence-corrected chi connectivity index (χ3v) is 4.10.